The first-order chi connectivity index (χ1) is 9.36. The first kappa shape index (κ1) is 14.8. The minimum Gasteiger partial charge on any atom is -0.465 e. The lowest BCUT2D eigenvalue weighted by molar-refractivity contribution is 0.494. The molecular formula is C12H18N4O3S. The number of nitrogens with two attached hydrogens (primary N) is 1. The van der Waals surface area contributed by atoms with E-state index in [1.165, 1.54) is 0 Å². The predicted octanol–water partition coefficient (Wildman–Crippen LogP) is 0.567. The maximum Gasteiger partial charge on any atom is 0.244 e. The Morgan fingerprint density at radius 3 is 2.65 bits per heavy atom. The van der Waals surface area contributed by atoms with E-state index in [0.29, 0.717) is 17.1 Å². The molecule has 0 radical (unpaired) electrons. The number of hydrogen-bond donors (Lipinski definition) is 2. The Balaban J connectivity index is 2.29. The van der Waals surface area contributed by atoms with E-state index in [1.54, 1.807) is 37.8 Å². The van der Waals surface area contributed by atoms with Gasteiger partial charge in [-0.15, -0.1) is 0 Å². The summed E-state index contributed by atoms with van der Waals surface area (Å²) in [5.41, 5.74) is 6.89. The molecular weight excluding hydrogens is 280 g/mol. The van der Waals surface area contributed by atoms with E-state index < -0.39 is 10.0 Å². The van der Waals surface area contributed by atoms with Crippen molar-refractivity contribution in [1.82, 2.24) is 14.5 Å². The van der Waals surface area contributed by atoms with Crippen LogP contribution in [-0.4, -0.2) is 18.2 Å². The molecule has 0 saturated carbocycles. The Morgan fingerprint density at radius 1 is 1.40 bits per heavy atom. The number of sulfonamides is 1. The Morgan fingerprint density at radius 2 is 2.10 bits per heavy atom. The molecule has 0 aliphatic rings. The molecule has 0 bridgehead atoms. The normalized spacial score (nSPS) is 12.0. The van der Waals surface area contributed by atoms with Crippen LogP contribution in [0, 0.1) is 13.8 Å². The number of aromatic nitrogens is 2. The van der Waals surface area contributed by atoms with Gasteiger partial charge in [0.2, 0.25) is 10.0 Å². The van der Waals surface area contributed by atoms with E-state index in [2.05, 4.69) is 9.82 Å². The Bertz CT molecular complexity index is 715. The zero-order chi connectivity index (χ0) is 14.9. The van der Waals surface area contributed by atoms with Crippen LogP contribution < -0.4 is 10.5 Å². The monoisotopic (exact) mass is 298 g/mol. The average molecular weight is 298 g/mol. The summed E-state index contributed by atoms with van der Waals surface area (Å²) in [6, 6.07) is 1.75. The highest BCUT2D eigenvalue weighted by Gasteiger charge is 2.26. The smallest absolute Gasteiger partial charge is 0.244 e. The van der Waals surface area contributed by atoms with Crippen molar-refractivity contribution in [2.24, 2.45) is 12.8 Å². The minimum absolute atomic E-state index is 0.116. The molecule has 8 heteroatoms. The van der Waals surface area contributed by atoms with Gasteiger partial charge in [0, 0.05) is 25.4 Å². The van der Waals surface area contributed by atoms with E-state index in [0.717, 1.165) is 5.69 Å². The van der Waals surface area contributed by atoms with Crippen LogP contribution in [0.25, 0.3) is 0 Å². The molecule has 3 N–H and O–H groups in total. The van der Waals surface area contributed by atoms with Gasteiger partial charge in [0.25, 0.3) is 0 Å². The van der Waals surface area contributed by atoms with Crippen molar-refractivity contribution >= 4 is 10.0 Å². The van der Waals surface area contributed by atoms with Crippen LogP contribution in [0.4, 0.5) is 0 Å². The van der Waals surface area contributed by atoms with E-state index in [4.69, 9.17) is 10.2 Å². The number of nitrogens with zero attached hydrogens (tertiary/aromatic N) is 2. The molecule has 110 valence electrons. The standard InChI is InChI=1S/C12H18N4O3S/c1-8-11(6-13)12(9(2)19-8)20(17,18)15-7-10-4-5-14-16(10)3/h4-5,15H,6-7,13H2,1-3H3. The van der Waals surface area contributed by atoms with Crippen molar-refractivity contribution in [3.05, 3.63) is 35.0 Å². The lowest BCUT2D eigenvalue weighted by Gasteiger charge is -2.08. The van der Waals surface area contributed by atoms with E-state index >= 15 is 0 Å². The fraction of sp³-hybridized carbons (Fsp3) is 0.417. The number of hydrogen-bond acceptors (Lipinski definition) is 5. The summed E-state index contributed by atoms with van der Waals surface area (Å²) in [5, 5.41) is 3.99. The zero-order valence-corrected chi connectivity index (χ0v) is 12.5. The largest absolute Gasteiger partial charge is 0.465 e. The lowest BCUT2D eigenvalue weighted by atomic mass is 10.2. The lowest BCUT2D eigenvalue weighted by Crippen LogP contribution is -2.26. The Hall–Kier alpha value is -1.64. The summed E-state index contributed by atoms with van der Waals surface area (Å²) in [4.78, 5) is 0.139. The summed E-state index contributed by atoms with van der Waals surface area (Å²) in [6.45, 7) is 3.60. The van der Waals surface area contributed by atoms with Gasteiger partial charge in [-0.05, 0) is 19.9 Å². The summed E-state index contributed by atoms with van der Waals surface area (Å²) >= 11 is 0. The second kappa shape index (κ2) is 5.39. The van der Waals surface area contributed by atoms with Gasteiger partial charge in [-0.25, -0.2) is 13.1 Å². The highest BCUT2D eigenvalue weighted by atomic mass is 32.2. The molecule has 0 amide bonds. The molecule has 2 aromatic heterocycles. The Kier molecular flexibility index (Phi) is 3.98. The summed E-state index contributed by atoms with van der Waals surface area (Å²) in [5.74, 6) is 0.881. The second-order valence-corrected chi connectivity index (χ2v) is 6.20. The van der Waals surface area contributed by atoms with Gasteiger partial charge in [-0.3, -0.25) is 4.68 Å². The average Bonchev–Trinajstić information content (AvgIpc) is 2.90. The van der Waals surface area contributed by atoms with Crippen LogP contribution in [-0.2, 0) is 30.2 Å². The SMILES string of the molecule is Cc1oc(C)c(S(=O)(=O)NCc2ccnn2C)c1CN. The van der Waals surface area contributed by atoms with Crippen molar-refractivity contribution in [1.29, 1.82) is 0 Å². The van der Waals surface area contributed by atoms with Crippen molar-refractivity contribution in [3.63, 3.8) is 0 Å². The molecule has 0 spiro atoms. The van der Waals surface area contributed by atoms with Crippen molar-refractivity contribution in [3.8, 4) is 0 Å². The van der Waals surface area contributed by atoms with E-state index in [-0.39, 0.29) is 18.0 Å². The van der Waals surface area contributed by atoms with E-state index in [9.17, 15) is 8.42 Å². The van der Waals surface area contributed by atoms with Crippen molar-refractivity contribution in [2.75, 3.05) is 0 Å². The molecule has 0 aromatic carbocycles. The Labute approximate surface area is 117 Å². The fourth-order valence-electron chi connectivity index (χ4n) is 2.11. The number of nitrogens with one attached hydrogen (secondary N) is 1. The van der Waals surface area contributed by atoms with E-state index in [1.807, 2.05) is 0 Å². The van der Waals surface area contributed by atoms with Crippen LogP contribution in [0.3, 0.4) is 0 Å². The molecule has 0 atom stereocenters. The molecule has 2 aromatic rings. The van der Waals surface area contributed by atoms with Crippen molar-refractivity contribution < 1.29 is 12.8 Å². The van der Waals surface area contributed by atoms with Gasteiger partial charge in [0.15, 0.2) is 0 Å². The molecule has 2 rings (SSSR count). The van der Waals surface area contributed by atoms with Gasteiger partial charge in [0.05, 0.1) is 12.2 Å². The molecule has 0 saturated heterocycles. The van der Waals surface area contributed by atoms with Gasteiger partial charge in [0.1, 0.15) is 16.4 Å². The molecule has 20 heavy (non-hydrogen) atoms. The van der Waals surface area contributed by atoms with Crippen LogP contribution in [0.2, 0.25) is 0 Å². The first-order valence-electron chi connectivity index (χ1n) is 6.12. The summed E-state index contributed by atoms with van der Waals surface area (Å²) in [7, 11) is -1.92. The third-order valence-electron chi connectivity index (χ3n) is 3.16. The highest BCUT2D eigenvalue weighted by molar-refractivity contribution is 7.89. The van der Waals surface area contributed by atoms with Gasteiger partial charge in [-0.2, -0.15) is 5.10 Å². The number of furan rings is 1. The first-order valence-corrected chi connectivity index (χ1v) is 7.60. The fourth-order valence-corrected chi connectivity index (χ4v) is 3.57. The molecule has 2 heterocycles. The highest BCUT2D eigenvalue weighted by Crippen LogP contribution is 2.26. The molecule has 7 nitrogen and oxygen atoms in total. The van der Waals surface area contributed by atoms with Crippen molar-refractivity contribution in [2.45, 2.75) is 31.8 Å². The summed E-state index contributed by atoms with van der Waals surface area (Å²) < 4.78 is 34.3. The molecule has 0 aliphatic heterocycles. The van der Waals surface area contributed by atoms with Crippen LogP contribution >= 0.6 is 0 Å². The van der Waals surface area contributed by atoms with Crippen LogP contribution in [0.15, 0.2) is 21.6 Å². The topological polar surface area (TPSA) is 103 Å². The molecule has 0 aliphatic carbocycles. The number of aryl methyl sites for hydroxylation is 3. The predicted molar refractivity (Wildman–Crippen MR) is 73.3 cm³/mol. The summed E-state index contributed by atoms with van der Waals surface area (Å²) in [6.07, 6.45) is 1.61. The van der Waals surface area contributed by atoms with Crippen LogP contribution in [0.5, 0.6) is 0 Å². The quantitative estimate of drug-likeness (QED) is 0.840. The van der Waals surface area contributed by atoms with Gasteiger partial charge in [-0.1, -0.05) is 0 Å². The third kappa shape index (κ3) is 2.62. The maximum atomic E-state index is 12.4. The van der Waals surface area contributed by atoms with Gasteiger partial charge >= 0.3 is 0 Å². The molecule has 0 unspecified atom stereocenters. The third-order valence-corrected chi connectivity index (χ3v) is 4.76. The maximum absolute atomic E-state index is 12.4. The molecule has 0 fully saturated rings. The van der Waals surface area contributed by atoms with Gasteiger partial charge < -0.3 is 10.2 Å². The number of rotatable bonds is 5. The zero-order valence-electron chi connectivity index (χ0n) is 11.7. The second-order valence-electron chi connectivity index (χ2n) is 4.50. The van der Waals surface area contributed by atoms with Crippen LogP contribution in [0.1, 0.15) is 22.8 Å². The minimum atomic E-state index is -3.67.